The normalized spacial score (nSPS) is 10.8. The van der Waals surface area contributed by atoms with E-state index in [9.17, 15) is 0 Å². The third kappa shape index (κ3) is 2.39. The average molecular weight is 229 g/mol. The molecule has 0 spiro atoms. The molecule has 3 heteroatoms. The zero-order chi connectivity index (χ0) is 12.3. The van der Waals surface area contributed by atoms with Crippen LogP contribution in [0, 0.1) is 6.92 Å². The number of nitrogens with zero attached hydrogens (tertiary/aromatic N) is 1. The fourth-order valence-corrected chi connectivity index (χ4v) is 2.14. The number of nitrogens with one attached hydrogen (secondary N) is 1. The van der Waals surface area contributed by atoms with Crippen molar-refractivity contribution in [2.45, 2.75) is 33.2 Å². The van der Waals surface area contributed by atoms with Crippen molar-refractivity contribution in [1.29, 1.82) is 0 Å². The number of hydrogen-bond donors (Lipinski definition) is 2. The molecule has 0 radical (unpaired) electrons. The van der Waals surface area contributed by atoms with Crippen molar-refractivity contribution in [3.05, 3.63) is 41.2 Å². The molecule has 17 heavy (non-hydrogen) atoms. The first-order valence-corrected chi connectivity index (χ1v) is 6.09. The number of aromatic nitrogens is 2. The van der Waals surface area contributed by atoms with E-state index in [1.807, 2.05) is 6.92 Å². The Hall–Kier alpha value is -1.61. The number of aromatic amines is 1. The van der Waals surface area contributed by atoms with Gasteiger partial charge in [0.2, 0.25) is 0 Å². The van der Waals surface area contributed by atoms with Crippen molar-refractivity contribution in [3.8, 4) is 11.1 Å². The molecule has 0 unspecified atom stereocenters. The summed E-state index contributed by atoms with van der Waals surface area (Å²) in [4.78, 5) is 0. The third-order valence-electron chi connectivity index (χ3n) is 3.00. The minimum absolute atomic E-state index is 0.469. The largest absolute Gasteiger partial charge is 0.325 e. The molecule has 1 heterocycles. The molecule has 2 rings (SSSR count). The van der Waals surface area contributed by atoms with Crippen LogP contribution < -0.4 is 5.73 Å². The summed E-state index contributed by atoms with van der Waals surface area (Å²) in [5, 5.41) is 7.22. The van der Waals surface area contributed by atoms with Gasteiger partial charge in [0.1, 0.15) is 0 Å². The number of aryl methyl sites for hydroxylation is 2. The number of H-pyrrole nitrogens is 1. The van der Waals surface area contributed by atoms with Crippen LogP contribution in [-0.2, 0) is 13.0 Å². The lowest BCUT2D eigenvalue weighted by Gasteiger charge is -2.04. The van der Waals surface area contributed by atoms with E-state index < -0.39 is 0 Å². The highest BCUT2D eigenvalue weighted by Gasteiger charge is 2.10. The van der Waals surface area contributed by atoms with Gasteiger partial charge < -0.3 is 5.73 Å². The van der Waals surface area contributed by atoms with Gasteiger partial charge in [-0.05, 0) is 24.5 Å². The SMILES string of the molecule is CCCc1ccc(-c2c(CN)n[nH]c2C)cc1. The summed E-state index contributed by atoms with van der Waals surface area (Å²) in [7, 11) is 0. The van der Waals surface area contributed by atoms with Crippen molar-refractivity contribution in [2.24, 2.45) is 5.73 Å². The monoisotopic (exact) mass is 229 g/mol. The van der Waals surface area contributed by atoms with Gasteiger partial charge >= 0.3 is 0 Å². The maximum absolute atomic E-state index is 5.70. The Balaban J connectivity index is 2.36. The number of rotatable bonds is 4. The van der Waals surface area contributed by atoms with Gasteiger partial charge in [0.25, 0.3) is 0 Å². The van der Waals surface area contributed by atoms with E-state index in [4.69, 9.17) is 5.73 Å². The molecule has 0 aliphatic rings. The summed E-state index contributed by atoms with van der Waals surface area (Å²) in [6, 6.07) is 8.68. The van der Waals surface area contributed by atoms with Crippen molar-refractivity contribution < 1.29 is 0 Å². The molecule has 0 aliphatic heterocycles. The summed E-state index contributed by atoms with van der Waals surface area (Å²) in [6.07, 6.45) is 2.31. The van der Waals surface area contributed by atoms with E-state index in [1.54, 1.807) is 0 Å². The van der Waals surface area contributed by atoms with Gasteiger partial charge in [0, 0.05) is 17.8 Å². The molecule has 2 aromatic rings. The van der Waals surface area contributed by atoms with Gasteiger partial charge in [0.05, 0.1) is 5.69 Å². The van der Waals surface area contributed by atoms with Crippen LogP contribution in [0.15, 0.2) is 24.3 Å². The zero-order valence-corrected chi connectivity index (χ0v) is 10.5. The molecular formula is C14H19N3. The molecule has 3 N–H and O–H groups in total. The lowest BCUT2D eigenvalue weighted by molar-refractivity contribution is 0.922. The van der Waals surface area contributed by atoms with Gasteiger partial charge in [-0.2, -0.15) is 5.10 Å². The van der Waals surface area contributed by atoms with Crippen LogP contribution in [0.5, 0.6) is 0 Å². The highest BCUT2D eigenvalue weighted by molar-refractivity contribution is 5.68. The topological polar surface area (TPSA) is 54.7 Å². The number of benzene rings is 1. The minimum Gasteiger partial charge on any atom is -0.325 e. The Bertz CT molecular complexity index is 483. The Morgan fingerprint density at radius 3 is 2.53 bits per heavy atom. The lowest BCUT2D eigenvalue weighted by Crippen LogP contribution is -1.98. The van der Waals surface area contributed by atoms with E-state index in [0.717, 1.165) is 23.4 Å². The molecule has 1 aromatic carbocycles. The Labute approximate surface area is 102 Å². The molecule has 0 saturated heterocycles. The van der Waals surface area contributed by atoms with E-state index in [2.05, 4.69) is 41.4 Å². The maximum atomic E-state index is 5.70. The van der Waals surface area contributed by atoms with Crippen molar-refractivity contribution in [2.75, 3.05) is 0 Å². The van der Waals surface area contributed by atoms with E-state index >= 15 is 0 Å². The molecule has 0 atom stereocenters. The predicted molar refractivity (Wildman–Crippen MR) is 70.6 cm³/mol. The molecule has 0 amide bonds. The second-order valence-corrected chi connectivity index (χ2v) is 4.32. The Kier molecular flexibility index (Phi) is 3.59. The van der Waals surface area contributed by atoms with Crippen molar-refractivity contribution >= 4 is 0 Å². The number of nitrogens with two attached hydrogens (primary N) is 1. The second kappa shape index (κ2) is 5.15. The number of hydrogen-bond acceptors (Lipinski definition) is 2. The summed E-state index contributed by atoms with van der Waals surface area (Å²) >= 11 is 0. The van der Waals surface area contributed by atoms with Gasteiger partial charge in [-0.1, -0.05) is 37.6 Å². The Morgan fingerprint density at radius 1 is 1.24 bits per heavy atom. The van der Waals surface area contributed by atoms with E-state index in [0.29, 0.717) is 6.54 Å². The standard InChI is InChI=1S/C14H19N3/c1-3-4-11-5-7-12(8-6-11)14-10(2)16-17-13(14)9-15/h5-8H,3-4,9,15H2,1-2H3,(H,16,17). The first-order chi connectivity index (χ1) is 8.26. The second-order valence-electron chi connectivity index (χ2n) is 4.32. The molecule has 1 aromatic heterocycles. The summed E-state index contributed by atoms with van der Waals surface area (Å²) in [5.41, 5.74) is 11.4. The lowest BCUT2D eigenvalue weighted by atomic mass is 10.0. The van der Waals surface area contributed by atoms with Crippen molar-refractivity contribution in [3.63, 3.8) is 0 Å². The predicted octanol–water partition coefficient (Wildman–Crippen LogP) is 2.80. The van der Waals surface area contributed by atoms with Crippen LogP contribution in [-0.4, -0.2) is 10.2 Å². The van der Waals surface area contributed by atoms with Crippen molar-refractivity contribution in [1.82, 2.24) is 10.2 Å². The molecule has 0 aliphatic carbocycles. The maximum Gasteiger partial charge on any atom is 0.0838 e. The summed E-state index contributed by atoms with van der Waals surface area (Å²) in [6.45, 7) is 4.69. The fourth-order valence-electron chi connectivity index (χ4n) is 2.14. The summed E-state index contributed by atoms with van der Waals surface area (Å²) in [5.74, 6) is 0. The van der Waals surface area contributed by atoms with Crippen LogP contribution in [0.3, 0.4) is 0 Å². The van der Waals surface area contributed by atoms with Gasteiger partial charge in [0.15, 0.2) is 0 Å². The minimum atomic E-state index is 0.469. The van der Waals surface area contributed by atoms with Crippen LogP contribution in [0.25, 0.3) is 11.1 Å². The summed E-state index contributed by atoms with van der Waals surface area (Å²) < 4.78 is 0. The molecular weight excluding hydrogens is 210 g/mol. The van der Waals surface area contributed by atoms with E-state index in [-0.39, 0.29) is 0 Å². The van der Waals surface area contributed by atoms with Gasteiger partial charge in [-0.3, -0.25) is 5.10 Å². The highest BCUT2D eigenvalue weighted by atomic mass is 15.1. The molecule has 0 fully saturated rings. The first kappa shape index (κ1) is 11.9. The molecule has 3 nitrogen and oxygen atoms in total. The fraction of sp³-hybridized carbons (Fsp3) is 0.357. The molecule has 0 saturated carbocycles. The van der Waals surface area contributed by atoms with Crippen LogP contribution in [0.2, 0.25) is 0 Å². The van der Waals surface area contributed by atoms with Crippen LogP contribution in [0.1, 0.15) is 30.3 Å². The van der Waals surface area contributed by atoms with E-state index in [1.165, 1.54) is 17.5 Å². The third-order valence-corrected chi connectivity index (χ3v) is 3.00. The average Bonchev–Trinajstić information content (AvgIpc) is 2.72. The smallest absolute Gasteiger partial charge is 0.0838 e. The van der Waals surface area contributed by atoms with Crippen LogP contribution in [0.4, 0.5) is 0 Å². The van der Waals surface area contributed by atoms with Crippen LogP contribution >= 0.6 is 0 Å². The van der Waals surface area contributed by atoms with Gasteiger partial charge in [-0.15, -0.1) is 0 Å². The van der Waals surface area contributed by atoms with Gasteiger partial charge in [-0.25, -0.2) is 0 Å². The zero-order valence-electron chi connectivity index (χ0n) is 10.5. The highest BCUT2D eigenvalue weighted by Crippen LogP contribution is 2.25. The quantitative estimate of drug-likeness (QED) is 0.847. The first-order valence-electron chi connectivity index (χ1n) is 6.09. The molecule has 0 bridgehead atoms. The Morgan fingerprint density at radius 2 is 1.94 bits per heavy atom. The molecule has 90 valence electrons.